The Balaban J connectivity index is 1.94. The van der Waals surface area contributed by atoms with Crippen LogP contribution in [0.1, 0.15) is 5.69 Å². The number of rotatable bonds is 3. The Labute approximate surface area is 133 Å². The molecule has 0 bridgehead atoms. The lowest BCUT2D eigenvalue weighted by molar-refractivity contribution is 0.362. The maximum absolute atomic E-state index is 5.98. The van der Waals surface area contributed by atoms with E-state index < -0.39 is 0 Å². The lowest BCUT2D eigenvalue weighted by atomic mass is 10.0. The Bertz CT molecular complexity index is 961. The maximum Gasteiger partial charge on any atom is 0.299 e. The minimum Gasteiger partial charge on any atom is -0.426 e. The first-order valence-corrected chi connectivity index (χ1v) is 7.34. The number of pyridine rings is 2. The lowest BCUT2D eigenvalue weighted by Crippen LogP contribution is -1.89. The molecule has 0 saturated carbocycles. The van der Waals surface area contributed by atoms with Gasteiger partial charge < -0.3 is 9.15 Å². The highest BCUT2D eigenvalue weighted by molar-refractivity contribution is 5.97. The van der Waals surface area contributed by atoms with Gasteiger partial charge in [0.15, 0.2) is 0 Å². The summed E-state index contributed by atoms with van der Waals surface area (Å²) in [6.45, 7) is 1.97. The molecule has 0 fully saturated rings. The van der Waals surface area contributed by atoms with Gasteiger partial charge in [0.05, 0.1) is 10.9 Å². The van der Waals surface area contributed by atoms with Gasteiger partial charge in [0.25, 0.3) is 5.95 Å². The van der Waals surface area contributed by atoms with Crippen molar-refractivity contribution in [2.24, 2.45) is 0 Å². The number of aryl methyl sites for hydroxylation is 1. The van der Waals surface area contributed by atoms with Gasteiger partial charge in [-0.25, -0.2) is 0 Å². The molecule has 4 nitrogen and oxygen atoms in total. The standard InChI is InChI=1S/C19H14N2O2/c1-13-15(8-5-10-21-13)18-16-12-20-11-9-17(16)23-19(18)22-14-6-3-2-4-7-14/h2-12H,1H3. The van der Waals surface area contributed by atoms with Gasteiger partial charge in [0.2, 0.25) is 0 Å². The normalized spacial score (nSPS) is 10.8. The summed E-state index contributed by atoms with van der Waals surface area (Å²) in [4.78, 5) is 8.59. The van der Waals surface area contributed by atoms with Crippen LogP contribution in [0.2, 0.25) is 0 Å². The van der Waals surface area contributed by atoms with Crippen LogP contribution in [0.15, 0.2) is 71.5 Å². The molecule has 0 aliphatic heterocycles. The van der Waals surface area contributed by atoms with E-state index >= 15 is 0 Å². The van der Waals surface area contributed by atoms with Gasteiger partial charge in [-0.3, -0.25) is 9.97 Å². The van der Waals surface area contributed by atoms with Gasteiger partial charge in [0, 0.05) is 29.8 Å². The van der Waals surface area contributed by atoms with Crippen LogP contribution in [-0.4, -0.2) is 9.97 Å². The third kappa shape index (κ3) is 2.44. The summed E-state index contributed by atoms with van der Waals surface area (Å²) in [5.74, 6) is 1.18. The number of hydrogen-bond acceptors (Lipinski definition) is 4. The number of fused-ring (bicyclic) bond motifs is 1. The molecule has 0 aliphatic carbocycles. The van der Waals surface area contributed by atoms with Gasteiger partial charge in [-0.05, 0) is 31.2 Å². The number of benzene rings is 1. The van der Waals surface area contributed by atoms with E-state index in [9.17, 15) is 0 Å². The topological polar surface area (TPSA) is 48.2 Å². The van der Waals surface area contributed by atoms with Crippen molar-refractivity contribution in [2.45, 2.75) is 6.92 Å². The first kappa shape index (κ1) is 13.5. The zero-order valence-electron chi connectivity index (χ0n) is 12.6. The molecule has 0 aliphatic rings. The van der Waals surface area contributed by atoms with Crippen LogP contribution in [0, 0.1) is 6.92 Å². The Morgan fingerprint density at radius 2 is 1.83 bits per heavy atom. The van der Waals surface area contributed by atoms with Gasteiger partial charge in [0.1, 0.15) is 11.3 Å². The molecule has 0 atom stereocenters. The molecule has 0 spiro atoms. The van der Waals surface area contributed by atoms with Crippen molar-refractivity contribution in [2.75, 3.05) is 0 Å². The molecule has 1 aromatic carbocycles. The SMILES string of the molecule is Cc1ncccc1-c1c(Oc2ccccc2)oc2ccncc12. The predicted molar refractivity (Wildman–Crippen MR) is 88.5 cm³/mol. The summed E-state index contributed by atoms with van der Waals surface area (Å²) in [6.07, 6.45) is 5.27. The van der Waals surface area contributed by atoms with Crippen molar-refractivity contribution in [1.82, 2.24) is 9.97 Å². The lowest BCUT2D eigenvalue weighted by Gasteiger charge is -2.07. The summed E-state index contributed by atoms with van der Waals surface area (Å²) in [7, 11) is 0. The van der Waals surface area contributed by atoms with Crippen molar-refractivity contribution in [3.63, 3.8) is 0 Å². The van der Waals surface area contributed by atoms with E-state index in [1.165, 1.54) is 0 Å². The first-order chi connectivity index (χ1) is 11.3. The Morgan fingerprint density at radius 3 is 2.65 bits per heavy atom. The number of nitrogens with zero attached hydrogens (tertiary/aromatic N) is 2. The first-order valence-electron chi connectivity index (χ1n) is 7.34. The molecule has 0 unspecified atom stereocenters. The molecule has 0 amide bonds. The van der Waals surface area contributed by atoms with E-state index in [-0.39, 0.29) is 0 Å². The molecule has 0 N–H and O–H groups in total. The summed E-state index contributed by atoms with van der Waals surface area (Å²) in [5, 5.41) is 0.912. The third-order valence-electron chi connectivity index (χ3n) is 3.69. The predicted octanol–water partition coefficient (Wildman–Crippen LogP) is 4.99. The number of furan rings is 1. The Kier molecular flexibility index (Phi) is 3.27. The van der Waals surface area contributed by atoms with E-state index in [4.69, 9.17) is 9.15 Å². The fraction of sp³-hybridized carbons (Fsp3) is 0.0526. The third-order valence-corrected chi connectivity index (χ3v) is 3.69. The van der Waals surface area contributed by atoms with Crippen LogP contribution in [0.25, 0.3) is 22.1 Å². The second-order valence-electron chi connectivity index (χ2n) is 5.19. The Hall–Kier alpha value is -3.14. The zero-order chi connectivity index (χ0) is 15.6. The van der Waals surface area contributed by atoms with Gasteiger partial charge in [-0.2, -0.15) is 0 Å². The molecular weight excluding hydrogens is 288 g/mol. The number of aromatic nitrogens is 2. The van der Waals surface area contributed by atoms with Crippen LogP contribution in [-0.2, 0) is 0 Å². The molecule has 3 heterocycles. The molecular formula is C19H14N2O2. The van der Waals surface area contributed by atoms with Crippen molar-refractivity contribution in [1.29, 1.82) is 0 Å². The minimum atomic E-state index is 0.454. The highest BCUT2D eigenvalue weighted by Gasteiger charge is 2.20. The van der Waals surface area contributed by atoms with Crippen LogP contribution < -0.4 is 4.74 Å². The molecule has 112 valence electrons. The van der Waals surface area contributed by atoms with Gasteiger partial charge in [-0.1, -0.05) is 24.3 Å². The number of para-hydroxylation sites is 1. The molecule has 4 heteroatoms. The average Bonchev–Trinajstić information content (AvgIpc) is 2.94. The van der Waals surface area contributed by atoms with Crippen LogP contribution >= 0.6 is 0 Å². The second kappa shape index (κ2) is 5.57. The van der Waals surface area contributed by atoms with E-state index in [0.29, 0.717) is 5.95 Å². The minimum absolute atomic E-state index is 0.454. The van der Waals surface area contributed by atoms with Gasteiger partial charge in [-0.15, -0.1) is 0 Å². The molecule has 3 aromatic heterocycles. The monoisotopic (exact) mass is 302 g/mol. The largest absolute Gasteiger partial charge is 0.426 e. The molecule has 0 radical (unpaired) electrons. The second-order valence-corrected chi connectivity index (χ2v) is 5.19. The van der Waals surface area contributed by atoms with Crippen LogP contribution in [0.5, 0.6) is 11.7 Å². The van der Waals surface area contributed by atoms with E-state index in [1.54, 1.807) is 18.6 Å². The van der Waals surface area contributed by atoms with Crippen molar-refractivity contribution >= 4 is 11.0 Å². The smallest absolute Gasteiger partial charge is 0.299 e. The van der Waals surface area contributed by atoms with E-state index in [1.807, 2.05) is 55.5 Å². The number of ether oxygens (including phenoxy) is 1. The number of hydrogen-bond donors (Lipinski definition) is 0. The summed E-state index contributed by atoms with van der Waals surface area (Å²) in [5.41, 5.74) is 3.51. The van der Waals surface area contributed by atoms with E-state index in [0.717, 1.165) is 33.5 Å². The van der Waals surface area contributed by atoms with Crippen molar-refractivity contribution < 1.29 is 9.15 Å². The summed E-state index contributed by atoms with van der Waals surface area (Å²) < 4.78 is 11.9. The summed E-state index contributed by atoms with van der Waals surface area (Å²) >= 11 is 0. The highest BCUT2D eigenvalue weighted by Crippen LogP contribution is 2.42. The van der Waals surface area contributed by atoms with Crippen LogP contribution in [0.4, 0.5) is 0 Å². The fourth-order valence-corrected chi connectivity index (χ4v) is 2.59. The molecule has 4 rings (SSSR count). The van der Waals surface area contributed by atoms with Crippen LogP contribution in [0.3, 0.4) is 0 Å². The van der Waals surface area contributed by atoms with Crippen molar-refractivity contribution in [3.05, 3.63) is 72.8 Å². The molecule has 4 aromatic rings. The fourth-order valence-electron chi connectivity index (χ4n) is 2.59. The average molecular weight is 302 g/mol. The molecule has 0 saturated heterocycles. The molecule has 23 heavy (non-hydrogen) atoms. The van der Waals surface area contributed by atoms with Gasteiger partial charge >= 0.3 is 0 Å². The quantitative estimate of drug-likeness (QED) is 0.535. The van der Waals surface area contributed by atoms with Crippen molar-refractivity contribution in [3.8, 4) is 22.8 Å². The highest BCUT2D eigenvalue weighted by atomic mass is 16.6. The Morgan fingerprint density at radius 1 is 0.957 bits per heavy atom. The zero-order valence-corrected chi connectivity index (χ0v) is 12.6. The summed E-state index contributed by atoms with van der Waals surface area (Å²) in [6, 6.07) is 15.3. The maximum atomic E-state index is 5.98. The van der Waals surface area contributed by atoms with E-state index in [2.05, 4.69) is 9.97 Å².